The zero-order valence-electron chi connectivity index (χ0n) is 23.2. The van der Waals surface area contributed by atoms with E-state index in [2.05, 4.69) is 6.92 Å². The van der Waals surface area contributed by atoms with Gasteiger partial charge in [0.05, 0.1) is 22.9 Å². The van der Waals surface area contributed by atoms with Crippen molar-refractivity contribution >= 4 is 11.4 Å². The Kier molecular flexibility index (Phi) is 13.8. The van der Waals surface area contributed by atoms with Crippen LogP contribution in [0.15, 0.2) is 42.5 Å². The second-order valence-electron chi connectivity index (χ2n) is 10.1. The van der Waals surface area contributed by atoms with Crippen LogP contribution < -0.4 is 9.47 Å². The number of benzene rings is 2. The minimum absolute atomic E-state index is 0.142. The normalized spacial score (nSPS) is 16.2. The Hall–Kier alpha value is -2.80. The van der Waals surface area contributed by atoms with E-state index >= 15 is 0 Å². The van der Waals surface area contributed by atoms with E-state index in [1.165, 1.54) is 77.0 Å². The SMILES string of the molecule is CCCCCCCCCCCCCCCc1ccc2c(c1)OCCOCCOc1ccccc1/[N+]([O-])=[N+]/2[O-]. The summed E-state index contributed by atoms with van der Waals surface area (Å²) < 4.78 is 17.1. The second kappa shape index (κ2) is 17.7. The maximum atomic E-state index is 13.1. The lowest BCUT2D eigenvalue weighted by atomic mass is 10.0. The maximum absolute atomic E-state index is 13.1. The van der Waals surface area contributed by atoms with E-state index in [1.807, 2.05) is 12.1 Å². The molecule has 0 spiro atoms. The van der Waals surface area contributed by atoms with Gasteiger partial charge in [0.25, 0.3) is 0 Å². The highest BCUT2D eigenvalue weighted by molar-refractivity contribution is 5.49. The van der Waals surface area contributed by atoms with E-state index in [-0.39, 0.29) is 24.6 Å². The molecule has 1 aliphatic rings. The topological polar surface area (TPSA) is 79.8 Å². The molecular weight excluding hydrogens is 480 g/mol. The third-order valence-corrected chi connectivity index (χ3v) is 7.01. The largest absolute Gasteiger partial charge is 0.561 e. The molecule has 3 rings (SSSR count). The number of fused-ring (bicyclic) bond motifs is 2. The zero-order valence-corrected chi connectivity index (χ0v) is 23.2. The van der Waals surface area contributed by atoms with Crippen molar-refractivity contribution in [3.63, 3.8) is 0 Å². The average molecular weight is 527 g/mol. The van der Waals surface area contributed by atoms with Crippen LogP contribution in [0.2, 0.25) is 0 Å². The molecule has 7 nitrogen and oxygen atoms in total. The van der Waals surface area contributed by atoms with Crippen molar-refractivity contribution in [1.29, 1.82) is 0 Å². The van der Waals surface area contributed by atoms with Gasteiger partial charge in [0, 0.05) is 12.1 Å². The van der Waals surface area contributed by atoms with Gasteiger partial charge in [0.2, 0.25) is 0 Å². The first-order valence-electron chi connectivity index (χ1n) is 14.7. The molecule has 0 amide bonds. The first-order chi connectivity index (χ1) is 18.7. The van der Waals surface area contributed by atoms with Crippen LogP contribution in [0.25, 0.3) is 0 Å². The number of unbranched alkanes of at least 4 members (excludes halogenated alkanes) is 12. The molecule has 1 aliphatic heterocycles. The van der Waals surface area contributed by atoms with Crippen molar-refractivity contribution in [2.45, 2.75) is 96.8 Å². The molecule has 38 heavy (non-hydrogen) atoms. The Bertz CT molecular complexity index is 978. The van der Waals surface area contributed by atoms with Crippen LogP contribution in [0.1, 0.15) is 96.0 Å². The van der Waals surface area contributed by atoms with Gasteiger partial charge >= 0.3 is 11.4 Å². The van der Waals surface area contributed by atoms with Crippen LogP contribution in [0.5, 0.6) is 11.5 Å². The van der Waals surface area contributed by atoms with Gasteiger partial charge in [-0.25, -0.2) is 0 Å². The number of hydrogen-bond acceptors (Lipinski definition) is 5. The number of rotatable bonds is 14. The summed E-state index contributed by atoms with van der Waals surface area (Å²) in [6.45, 7) is 3.56. The lowest BCUT2D eigenvalue weighted by molar-refractivity contribution is -0.896. The summed E-state index contributed by atoms with van der Waals surface area (Å²) in [5, 5.41) is 26.0. The number of aryl methyl sites for hydroxylation is 1. The molecular formula is C31H46N2O5. The van der Waals surface area contributed by atoms with Crippen LogP contribution in [0.4, 0.5) is 11.4 Å². The number of para-hydroxylation sites is 2. The van der Waals surface area contributed by atoms with Gasteiger partial charge in [0.1, 0.15) is 13.2 Å². The molecule has 7 heteroatoms. The number of ether oxygens (including phenoxy) is 3. The van der Waals surface area contributed by atoms with E-state index in [9.17, 15) is 10.4 Å². The van der Waals surface area contributed by atoms with Crippen LogP contribution in [-0.2, 0) is 11.2 Å². The molecule has 0 bridgehead atoms. The lowest BCUT2D eigenvalue weighted by Gasteiger charge is -2.11. The highest BCUT2D eigenvalue weighted by atomic mass is 16.6. The summed E-state index contributed by atoms with van der Waals surface area (Å²) in [6.07, 6.45) is 18.1. The Morgan fingerprint density at radius 3 is 1.76 bits per heavy atom. The minimum atomic E-state index is 0.142. The van der Waals surface area contributed by atoms with Gasteiger partial charge in [-0.1, -0.05) is 102 Å². The highest BCUT2D eigenvalue weighted by Gasteiger charge is 2.25. The Labute approximate surface area is 228 Å². The van der Waals surface area contributed by atoms with Crippen molar-refractivity contribution < 1.29 is 23.9 Å². The fourth-order valence-electron chi connectivity index (χ4n) is 4.79. The molecule has 0 saturated heterocycles. The summed E-state index contributed by atoms with van der Waals surface area (Å²) in [5.74, 6) is 0.738. The van der Waals surface area contributed by atoms with Gasteiger partial charge in [-0.15, -0.1) is 0 Å². The van der Waals surface area contributed by atoms with Crippen molar-refractivity contribution in [2.75, 3.05) is 26.4 Å². The van der Waals surface area contributed by atoms with Crippen LogP contribution in [0, 0.1) is 10.4 Å². The molecule has 0 radical (unpaired) electrons. The summed E-state index contributed by atoms with van der Waals surface area (Å²) in [4.78, 5) is 0.633. The van der Waals surface area contributed by atoms with E-state index in [1.54, 1.807) is 30.3 Å². The van der Waals surface area contributed by atoms with Gasteiger partial charge in [-0.05, 0) is 30.5 Å². The van der Waals surface area contributed by atoms with Crippen molar-refractivity contribution in [2.24, 2.45) is 0 Å². The molecule has 0 unspecified atom stereocenters. The van der Waals surface area contributed by atoms with Crippen molar-refractivity contribution in [1.82, 2.24) is 0 Å². The minimum Gasteiger partial charge on any atom is -0.561 e. The predicted molar refractivity (Wildman–Crippen MR) is 151 cm³/mol. The molecule has 2 aromatic carbocycles. The zero-order chi connectivity index (χ0) is 26.8. The maximum Gasteiger partial charge on any atom is 0.329 e. The summed E-state index contributed by atoms with van der Waals surface area (Å²) in [7, 11) is 0. The molecule has 0 aliphatic carbocycles. The van der Waals surface area contributed by atoms with Crippen LogP contribution in [0.3, 0.4) is 0 Å². The fourth-order valence-corrected chi connectivity index (χ4v) is 4.79. The smallest absolute Gasteiger partial charge is 0.329 e. The summed E-state index contributed by atoms with van der Waals surface area (Å²) >= 11 is 0. The van der Waals surface area contributed by atoms with E-state index in [0.29, 0.717) is 34.4 Å². The van der Waals surface area contributed by atoms with Crippen molar-refractivity contribution in [3.05, 3.63) is 58.4 Å². The quantitative estimate of drug-likeness (QED) is 0.140. The van der Waals surface area contributed by atoms with Gasteiger partial charge < -0.3 is 24.6 Å². The van der Waals surface area contributed by atoms with Gasteiger partial charge in [-0.3, -0.25) is 0 Å². The number of azo groups is 1. The fraction of sp³-hybridized carbons (Fsp3) is 0.613. The summed E-state index contributed by atoms with van der Waals surface area (Å²) in [5.41, 5.74) is 1.42. The van der Waals surface area contributed by atoms with E-state index in [0.717, 1.165) is 18.4 Å². The molecule has 0 atom stereocenters. The Morgan fingerprint density at radius 1 is 0.605 bits per heavy atom. The van der Waals surface area contributed by atoms with Gasteiger partial charge in [-0.2, -0.15) is 0 Å². The van der Waals surface area contributed by atoms with Crippen molar-refractivity contribution in [3.8, 4) is 11.5 Å². The monoisotopic (exact) mass is 526 g/mol. The first kappa shape index (κ1) is 29.8. The molecule has 0 N–H and O–H groups in total. The summed E-state index contributed by atoms with van der Waals surface area (Å²) in [6, 6.07) is 12.2. The molecule has 0 aromatic heterocycles. The Balaban J connectivity index is 1.49. The first-order valence-corrected chi connectivity index (χ1v) is 14.7. The van der Waals surface area contributed by atoms with Crippen LogP contribution >= 0.6 is 0 Å². The average Bonchev–Trinajstić information content (AvgIpc) is 2.95. The molecule has 0 saturated carbocycles. The van der Waals surface area contributed by atoms with Crippen LogP contribution in [-0.4, -0.2) is 36.1 Å². The van der Waals surface area contributed by atoms with E-state index in [4.69, 9.17) is 14.2 Å². The second-order valence-corrected chi connectivity index (χ2v) is 10.1. The predicted octanol–water partition coefficient (Wildman–Crippen LogP) is 8.54. The molecule has 210 valence electrons. The number of hydrogen-bond donors (Lipinski definition) is 0. The molecule has 1 heterocycles. The van der Waals surface area contributed by atoms with E-state index < -0.39 is 0 Å². The lowest BCUT2D eigenvalue weighted by Crippen LogP contribution is -2.12. The standard InChI is InChI=1S/C31H46N2O5/c1-2-3-4-5-6-7-8-9-10-11-12-13-14-17-27-20-21-29-31(26-27)38-25-23-36-22-24-37-30-19-16-15-18-28(30)32(34)33(29)35/h15-16,18-21,26H,2-14,17,22-25H2,1H3/b33-32+. The third-order valence-electron chi connectivity index (χ3n) is 7.01. The highest BCUT2D eigenvalue weighted by Crippen LogP contribution is 2.33. The number of nitrogens with zero attached hydrogens (tertiary/aromatic N) is 2. The van der Waals surface area contributed by atoms with Gasteiger partial charge in [0.15, 0.2) is 11.5 Å². The molecule has 2 aromatic rings. The Morgan fingerprint density at radius 2 is 1.13 bits per heavy atom. The molecule has 0 fully saturated rings. The third kappa shape index (κ3) is 10.2.